The highest BCUT2D eigenvalue weighted by Gasteiger charge is 2.09. The Morgan fingerprint density at radius 1 is 1.00 bits per heavy atom. The minimum Gasteiger partial charge on any atom is -0.490 e. The van der Waals surface area contributed by atoms with Crippen LogP contribution in [0.25, 0.3) is 0 Å². The molecule has 7 heteroatoms. The fourth-order valence-corrected chi connectivity index (χ4v) is 1.67. The van der Waals surface area contributed by atoms with E-state index in [4.69, 9.17) is 32.7 Å². The van der Waals surface area contributed by atoms with Gasteiger partial charge in [-0.05, 0) is 41.8 Å². The normalized spacial score (nSPS) is 10.3. The van der Waals surface area contributed by atoms with Gasteiger partial charge in [-0.1, -0.05) is 19.1 Å². The lowest BCUT2D eigenvalue weighted by molar-refractivity contribution is 0.299. The van der Waals surface area contributed by atoms with Crippen LogP contribution in [-0.2, 0) is 0 Å². The van der Waals surface area contributed by atoms with E-state index in [1.807, 2.05) is 19.1 Å². The highest BCUT2D eigenvalue weighted by molar-refractivity contribution is 6.31. The molecule has 0 spiro atoms. The van der Waals surface area contributed by atoms with Gasteiger partial charge in [-0.15, -0.1) is 0 Å². The number of hydrogen-bond donors (Lipinski definition) is 0. The molecular formula is C12H11Cl2N3O2. The minimum atomic E-state index is -0.0260. The van der Waals surface area contributed by atoms with Gasteiger partial charge in [0.1, 0.15) is 0 Å². The van der Waals surface area contributed by atoms with Crippen molar-refractivity contribution in [3.63, 3.8) is 0 Å². The van der Waals surface area contributed by atoms with E-state index in [1.54, 1.807) is 12.1 Å². The maximum absolute atomic E-state index is 5.68. The van der Waals surface area contributed by atoms with Crippen LogP contribution in [0.5, 0.6) is 17.5 Å². The van der Waals surface area contributed by atoms with Crippen LogP contribution in [0.2, 0.25) is 10.6 Å². The molecule has 0 unspecified atom stereocenters. The Morgan fingerprint density at radius 2 is 1.63 bits per heavy atom. The molecule has 5 nitrogen and oxygen atoms in total. The number of hydrogen-bond acceptors (Lipinski definition) is 5. The average Bonchev–Trinajstić information content (AvgIpc) is 2.36. The highest BCUT2D eigenvalue weighted by atomic mass is 35.5. The Kier molecular flexibility index (Phi) is 4.76. The van der Waals surface area contributed by atoms with Gasteiger partial charge in [0, 0.05) is 0 Å². The summed E-state index contributed by atoms with van der Waals surface area (Å²) in [6.45, 7) is 2.62. The zero-order valence-electron chi connectivity index (χ0n) is 10.1. The smallest absolute Gasteiger partial charge is 0.327 e. The molecule has 100 valence electrons. The van der Waals surface area contributed by atoms with Crippen molar-refractivity contribution in [2.45, 2.75) is 13.3 Å². The van der Waals surface area contributed by atoms with Crippen molar-refractivity contribution in [1.82, 2.24) is 15.0 Å². The second-order valence-electron chi connectivity index (χ2n) is 3.55. The van der Waals surface area contributed by atoms with Crippen molar-refractivity contribution >= 4 is 23.2 Å². The molecule has 0 bridgehead atoms. The Hall–Kier alpha value is -1.59. The van der Waals surface area contributed by atoms with E-state index in [-0.39, 0.29) is 16.6 Å². The molecule has 0 aliphatic rings. The highest BCUT2D eigenvalue weighted by Crippen LogP contribution is 2.30. The average molecular weight is 300 g/mol. The summed E-state index contributed by atoms with van der Waals surface area (Å²) in [5.74, 6) is 1.10. The van der Waals surface area contributed by atoms with Crippen molar-refractivity contribution in [3.05, 3.63) is 34.8 Å². The van der Waals surface area contributed by atoms with Gasteiger partial charge in [0.05, 0.1) is 6.61 Å². The lowest BCUT2D eigenvalue weighted by Crippen LogP contribution is -1.99. The third-order valence-corrected chi connectivity index (χ3v) is 2.41. The maximum Gasteiger partial charge on any atom is 0.327 e. The number of nitrogens with zero attached hydrogens (tertiary/aromatic N) is 3. The van der Waals surface area contributed by atoms with Gasteiger partial charge in [0.25, 0.3) is 0 Å². The summed E-state index contributed by atoms with van der Waals surface area (Å²) in [4.78, 5) is 11.3. The Balaban J connectivity index is 2.22. The Labute approximate surface area is 120 Å². The standard InChI is InChI=1S/C12H11Cl2N3O2/c1-2-7-18-8-5-3-4-6-9(8)19-12-16-10(13)15-11(14)17-12/h3-6H,2,7H2,1H3. The van der Waals surface area contributed by atoms with Crippen LogP contribution in [0, 0.1) is 0 Å². The van der Waals surface area contributed by atoms with Gasteiger partial charge >= 0.3 is 6.01 Å². The van der Waals surface area contributed by atoms with Crippen LogP contribution in [0.1, 0.15) is 13.3 Å². The number of aromatic nitrogens is 3. The molecule has 0 amide bonds. The first-order valence-electron chi connectivity index (χ1n) is 5.66. The van der Waals surface area contributed by atoms with Crippen LogP contribution in [-0.4, -0.2) is 21.6 Å². The van der Waals surface area contributed by atoms with E-state index in [0.717, 1.165) is 6.42 Å². The van der Waals surface area contributed by atoms with Gasteiger partial charge in [-0.25, -0.2) is 0 Å². The second kappa shape index (κ2) is 6.54. The predicted molar refractivity (Wildman–Crippen MR) is 72.1 cm³/mol. The molecular weight excluding hydrogens is 289 g/mol. The van der Waals surface area contributed by atoms with Gasteiger partial charge in [0.15, 0.2) is 11.5 Å². The first-order chi connectivity index (χ1) is 9.19. The summed E-state index contributed by atoms with van der Waals surface area (Å²) < 4.78 is 11.1. The Morgan fingerprint density at radius 3 is 2.26 bits per heavy atom. The maximum atomic E-state index is 5.68. The van der Waals surface area contributed by atoms with E-state index in [0.29, 0.717) is 18.1 Å². The number of ether oxygens (including phenoxy) is 2. The summed E-state index contributed by atoms with van der Waals surface area (Å²) >= 11 is 11.4. The van der Waals surface area contributed by atoms with Crippen LogP contribution in [0.15, 0.2) is 24.3 Å². The molecule has 0 atom stereocenters. The van der Waals surface area contributed by atoms with Gasteiger partial charge in [-0.3, -0.25) is 0 Å². The van der Waals surface area contributed by atoms with Gasteiger partial charge in [0.2, 0.25) is 10.6 Å². The molecule has 1 heterocycles. The number of halogens is 2. The van der Waals surface area contributed by atoms with Gasteiger partial charge in [-0.2, -0.15) is 15.0 Å². The quantitative estimate of drug-likeness (QED) is 0.841. The molecule has 0 aliphatic heterocycles. The van der Waals surface area contributed by atoms with Crippen molar-refractivity contribution in [2.24, 2.45) is 0 Å². The number of rotatable bonds is 5. The molecule has 0 fully saturated rings. The second-order valence-corrected chi connectivity index (χ2v) is 4.23. The molecule has 0 aliphatic carbocycles. The molecule has 2 aromatic rings. The van der Waals surface area contributed by atoms with Crippen molar-refractivity contribution in [3.8, 4) is 17.5 Å². The van der Waals surface area contributed by atoms with Gasteiger partial charge < -0.3 is 9.47 Å². The lowest BCUT2D eigenvalue weighted by atomic mass is 10.3. The molecule has 0 saturated heterocycles. The molecule has 1 aromatic carbocycles. The van der Waals surface area contributed by atoms with Crippen LogP contribution < -0.4 is 9.47 Å². The number of para-hydroxylation sites is 2. The zero-order chi connectivity index (χ0) is 13.7. The van der Waals surface area contributed by atoms with Crippen molar-refractivity contribution < 1.29 is 9.47 Å². The fourth-order valence-electron chi connectivity index (χ4n) is 1.32. The van der Waals surface area contributed by atoms with Crippen molar-refractivity contribution in [1.29, 1.82) is 0 Å². The van der Waals surface area contributed by atoms with E-state index < -0.39 is 0 Å². The topological polar surface area (TPSA) is 57.1 Å². The predicted octanol–water partition coefficient (Wildman–Crippen LogP) is 3.76. The summed E-state index contributed by atoms with van der Waals surface area (Å²) in [6.07, 6.45) is 0.901. The zero-order valence-corrected chi connectivity index (χ0v) is 11.6. The van der Waals surface area contributed by atoms with Crippen molar-refractivity contribution in [2.75, 3.05) is 6.61 Å². The molecule has 0 saturated carbocycles. The first-order valence-corrected chi connectivity index (χ1v) is 6.41. The third kappa shape index (κ3) is 3.94. The van der Waals surface area contributed by atoms with E-state index in [2.05, 4.69) is 15.0 Å². The molecule has 19 heavy (non-hydrogen) atoms. The largest absolute Gasteiger partial charge is 0.490 e. The summed E-state index contributed by atoms with van der Waals surface area (Å²) in [5, 5.41) is -0.0519. The summed E-state index contributed by atoms with van der Waals surface area (Å²) in [7, 11) is 0. The van der Waals surface area contributed by atoms with E-state index in [1.165, 1.54) is 0 Å². The summed E-state index contributed by atoms with van der Waals surface area (Å²) in [6, 6.07) is 7.24. The SMILES string of the molecule is CCCOc1ccccc1Oc1nc(Cl)nc(Cl)n1. The lowest BCUT2D eigenvalue weighted by Gasteiger charge is -2.10. The number of benzene rings is 1. The van der Waals surface area contributed by atoms with E-state index in [9.17, 15) is 0 Å². The molecule has 1 aromatic heterocycles. The third-order valence-electron chi connectivity index (χ3n) is 2.07. The monoisotopic (exact) mass is 299 g/mol. The van der Waals surface area contributed by atoms with Crippen LogP contribution in [0.3, 0.4) is 0 Å². The van der Waals surface area contributed by atoms with Crippen LogP contribution in [0.4, 0.5) is 0 Å². The summed E-state index contributed by atoms with van der Waals surface area (Å²) in [5.41, 5.74) is 0. The van der Waals surface area contributed by atoms with E-state index >= 15 is 0 Å². The Bertz CT molecular complexity index is 546. The molecule has 2 rings (SSSR count). The minimum absolute atomic E-state index is 0.0255. The fraction of sp³-hybridized carbons (Fsp3) is 0.250. The van der Waals surface area contributed by atoms with Crippen LogP contribution >= 0.6 is 23.2 Å². The first kappa shape index (κ1) is 13.8. The molecule has 0 radical (unpaired) electrons. The molecule has 0 N–H and O–H groups in total.